The van der Waals surface area contributed by atoms with E-state index < -0.39 is 96.0 Å². The molecule has 4 aliphatic rings. The molecule has 0 fully saturated rings. The van der Waals surface area contributed by atoms with Gasteiger partial charge in [0.2, 0.25) is 41.4 Å². The first-order chi connectivity index (χ1) is 39.9. The van der Waals surface area contributed by atoms with Gasteiger partial charge in [-0.1, -0.05) is 37.3 Å². The van der Waals surface area contributed by atoms with Gasteiger partial charge in [0.05, 0.1) is 81.1 Å². The quantitative estimate of drug-likeness (QED) is 0.0177. The van der Waals surface area contributed by atoms with Crippen molar-refractivity contribution in [3.05, 3.63) is 110 Å². The number of aliphatic hydroxyl groups is 1. The van der Waals surface area contributed by atoms with Crippen LogP contribution in [0, 0.1) is 12.7 Å². The second-order valence-corrected chi connectivity index (χ2v) is 20.2. The summed E-state index contributed by atoms with van der Waals surface area (Å²) in [7, 11) is 0. The third-order valence-corrected chi connectivity index (χ3v) is 14.7. The zero-order valence-electron chi connectivity index (χ0n) is 45.9. The van der Waals surface area contributed by atoms with Crippen molar-refractivity contribution >= 4 is 70.0 Å². The summed E-state index contributed by atoms with van der Waals surface area (Å²) in [5.74, 6) is -6.06. The molecule has 3 aliphatic heterocycles. The summed E-state index contributed by atoms with van der Waals surface area (Å²) in [6, 6.07) is 9.98. The Labute approximate surface area is 474 Å². The third-order valence-electron chi connectivity index (χ3n) is 14.7. The molecule has 4 aromatic rings. The van der Waals surface area contributed by atoms with Crippen molar-refractivity contribution in [2.45, 2.75) is 96.1 Å². The lowest BCUT2D eigenvalue weighted by molar-refractivity contribution is -0.172. The summed E-state index contributed by atoms with van der Waals surface area (Å²) < 4.78 is 32.9. The van der Waals surface area contributed by atoms with Crippen molar-refractivity contribution in [2.24, 2.45) is 0 Å². The summed E-state index contributed by atoms with van der Waals surface area (Å²) in [5, 5.41) is 30.4. The Hall–Kier alpha value is -8.75. The summed E-state index contributed by atoms with van der Waals surface area (Å²) in [6.07, 6.45) is 3.23. The maximum Gasteiger partial charge on any atom is 0.343 e. The van der Waals surface area contributed by atoms with E-state index in [9.17, 15) is 57.8 Å². The second kappa shape index (κ2) is 27.3. The zero-order chi connectivity index (χ0) is 59.4. The van der Waals surface area contributed by atoms with E-state index >= 15 is 4.39 Å². The van der Waals surface area contributed by atoms with Crippen LogP contribution in [0.2, 0.25) is 0 Å². The number of amides is 9. The SMILES string of the molecule is CC[C@@]1(O)C(=O)OCc2c1cc1n(c2=O)Cc2c-1nc1cc(F)c(C)c3c1c2C(NC(=O)CCCNC(=O)CNC(=O)[C@H](Cc1ccccc1)NC(=O)CNC(=O)CNC(=O)CCOCCOCCNC(=O)CCN1C(=O)C=CC1=O)CC3. The average molecular weight is 1150 g/mol. The van der Waals surface area contributed by atoms with E-state index in [-0.39, 0.29) is 121 Å². The number of aromatic nitrogens is 2. The molecule has 1 unspecified atom stereocenters. The lowest BCUT2D eigenvalue weighted by atomic mass is 9.81. The minimum absolute atomic E-state index is 0.00336. The van der Waals surface area contributed by atoms with Crippen LogP contribution in [-0.4, -0.2) is 150 Å². The second-order valence-electron chi connectivity index (χ2n) is 20.2. The fourth-order valence-electron chi connectivity index (χ4n) is 10.3. The van der Waals surface area contributed by atoms with Gasteiger partial charge in [0.1, 0.15) is 18.5 Å². The number of halogens is 1. The highest BCUT2D eigenvalue weighted by molar-refractivity contribution is 6.13. The number of rotatable bonds is 28. The molecule has 8 rings (SSSR count). The van der Waals surface area contributed by atoms with Crippen molar-refractivity contribution in [1.29, 1.82) is 0 Å². The number of esters is 1. The molecule has 0 saturated carbocycles. The number of cyclic esters (lactones) is 1. The predicted molar refractivity (Wildman–Crippen MR) is 292 cm³/mol. The standard InChI is InChI=1S/C57H65FN10O15/c1-3-57(80)37-25-42-53-35(30-68(42)55(78)36(37)31-83-56(57)79)52-39(12-11-34-32(2)38(58)26-40(66-53)51(34)52)64-45(71)10-7-17-59-46(72)28-63-54(77)41(24-33-8-5-4-6-9-33)65-48(74)29-62-47(73)27-61-44(70)16-20-81-22-23-82-21-18-60-43(69)15-19-67-49(75)13-14-50(67)76/h4-6,8-9,13-14,25-26,39,41,80H,3,7,10-12,15-24,27-31H2,1-2H3,(H,59,72)(H,60,69)(H,61,70)(H,62,73)(H,63,77)(H,64,71)(H,65,74)/t39?,41-,57-/m0/s1. The van der Waals surface area contributed by atoms with Crippen LogP contribution >= 0.6 is 0 Å². The molecule has 0 saturated heterocycles. The maximum absolute atomic E-state index is 15.4. The molecule has 8 N–H and O–H groups in total. The highest BCUT2D eigenvalue weighted by Crippen LogP contribution is 2.46. The normalized spacial score (nSPS) is 16.7. The van der Waals surface area contributed by atoms with Crippen molar-refractivity contribution in [2.75, 3.05) is 65.7 Å². The zero-order valence-corrected chi connectivity index (χ0v) is 45.9. The number of carbonyl (C=O) groups is 10. The van der Waals surface area contributed by atoms with E-state index in [2.05, 4.69) is 37.2 Å². The lowest BCUT2D eigenvalue weighted by Gasteiger charge is -2.31. The van der Waals surface area contributed by atoms with Crippen molar-refractivity contribution in [3.63, 3.8) is 0 Å². The molecule has 2 aromatic heterocycles. The number of aryl methyl sites for hydroxylation is 1. The number of carbonyl (C=O) groups excluding carboxylic acids is 10. The van der Waals surface area contributed by atoms with E-state index in [1.165, 1.54) is 10.6 Å². The smallest absolute Gasteiger partial charge is 0.343 e. The van der Waals surface area contributed by atoms with Gasteiger partial charge in [0.25, 0.3) is 17.4 Å². The van der Waals surface area contributed by atoms with Crippen LogP contribution < -0.4 is 42.8 Å². The lowest BCUT2D eigenvalue weighted by Crippen LogP contribution is -2.52. The Kier molecular flexibility index (Phi) is 19.9. The molecule has 0 spiro atoms. The molecule has 0 radical (unpaired) electrons. The van der Waals surface area contributed by atoms with Crippen LogP contribution in [0.25, 0.3) is 22.3 Å². The van der Waals surface area contributed by atoms with E-state index in [0.717, 1.165) is 22.6 Å². The van der Waals surface area contributed by atoms with Crippen LogP contribution in [0.1, 0.15) is 90.4 Å². The Morgan fingerprint density at radius 1 is 0.783 bits per heavy atom. The highest BCUT2D eigenvalue weighted by atomic mass is 19.1. The van der Waals surface area contributed by atoms with Gasteiger partial charge in [-0.3, -0.25) is 52.8 Å². The number of nitrogens with zero attached hydrogens (tertiary/aromatic N) is 3. The molecule has 26 heteroatoms. The molecular formula is C57H65FN10O15. The van der Waals surface area contributed by atoms with Gasteiger partial charge in [-0.2, -0.15) is 0 Å². The van der Waals surface area contributed by atoms with Crippen LogP contribution in [0.5, 0.6) is 0 Å². The Bertz CT molecular complexity index is 3310. The van der Waals surface area contributed by atoms with Crippen LogP contribution in [0.15, 0.2) is 59.4 Å². The number of pyridine rings is 2. The Morgan fingerprint density at radius 2 is 1.46 bits per heavy atom. The number of imide groups is 1. The Morgan fingerprint density at radius 3 is 2.20 bits per heavy atom. The van der Waals surface area contributed by atoms with Gasteiger partial charge in [-0.05, 0) is 60.9 Å². The number of nitrogens with one attached hydrogen (secondary N) is 7. The average Bonchev–Trinajstić information content (AvgIpc) is 4.19. The first-order valence-corrected chi connectivity index (χ1v) is 27.3. The molecule has 440 valence electrons. The van der Waals surface area contributed by atoms with Gasteiger partial charge < -0.3 is 61.1 Å². The fraction of sp³-hybridized carbons (Fsp3) is 0.439. The predicted octanol–water partition coefficient (Wildman–Crippen LogP) is -0.542. The van der Waals surface area contributed by atoms with Crippen LogP contribution in [0.3, 0.4) is 0 Å². The minimum Gasteiger partial charge on any atom is -0.458 e. The molecule has 1 aliphatic carbocycles. The Balaban J connectivity index is 0.740. The highest BCUT2D eigenvalue weighted by Gasteiger charge is 2.46. The summed E-state index contributed by atoms with van der Waals surface area (Å²) in [4.78, 5) is 145. The third kappa shape index (κ3) is 14.5. The molecule has 9 amide bonds. The number of ether oxygens (including phenoxy) is 3. The largest absolute Gasteiger partial charge is 0.458 e. The number of hydrogen-bond donors (Lipinski definition) is 8. The van der Waals surface area contributed by atoms with Gasteiger partial charge in [-0.25, -0.2) is 14.2 Å². The first-order valence-electron chi connectivity index (χ1n) is 27.3. The number of hydrogen-bond acceptors (Lipinski definition) is 16. The van der Waals surface area contributed by atoms with E-state index in [0.29, 0.717) is 57.4 Å². The first kappa shape index (κ1) is 60.3. The summed E-state index contributed by atoms with van der Waals surface area (Å²) >= 11 is 0. The van der Waals surface area contributed by atoms with Crippen LogP contribution in [0.4, 0.5) is 4.39 Å². The maximum atomic E-state index is 15.4. The number of benzene rings is 2. The number of fused-ring (bicyclic) bond motifs is 5. The van der Waals surface area contributed by atoms with E-state index in [1.807, 2.05) is 0 Å². The molecule has 3 atom stereocenters. The molecular weight excluding hydrogens is 1080 g/mol. The van der Waals surface area contributed by atoms with Gasteiger partial charge >= 0.3 is 5.97 Å². The van der Waals surface area contributed by atoms with Crippen molar-refractivity contribution in [1.82, 2.24) is 51.7 Å². The van der Waals surface area contributed by atoms with E-state index in [1.54, 1.807) is 50.2 Å². The van der Waals surface area contributed by atoms with E-state index in [4.69, 9.17) is 19.2 Å². The van der Waals surface area contributed by atoms with Gasteiger partial charge in [-0.15, -0.1) is 0 Å². The van der Waals surface area contributed by atoms with Gasteiger partial charge in [0.15, 0.2) is 5.60 Å². The van der Waals surface area contributed by atoms with Crippen LogP contribution in [-0.2, 0) is 93.8 Å². The summed E-state index contributed by atoms with van der Waals surface area (Å²) in [6.45, 7) is 2.39. The molecule has 25 nitrogen and oxygen atoms in total. The van der Waals surface area contributed by atoms with Crippen molar-refractivity contribution in [3.8, 4) is 11.4 Å². The fourth-order valence-corrected chi connectivity index (χ4v) is 10.3. The van der Waals surface area contributed by atoms with Gasteiger partial charge in [0, 0.05) is 80.0 Å². The molecule has 5 heterocycles. The monoisotopic (exact) mass is 1150 g/mol. The molecule has 83 heavy (non-hydrogen) atoms. The molecule has 2 aromatic carbocycles. The minimum atomic E-state index is -2.05. The summed E-state index contributed by atoms with van der Waals surface area (Å²) in [5.41, 5.74) is 2.09. The molecule has 0 bridgehead atoms. The topological polar surface area (TPSA) is 341 Å². The van der Waals surface area contributed by atoms with Crippen molar-refractivity contribution < 1.29 is 71.7 Å².